The molecule has 1 heterocycles. The van der Waals surface area contributed by atoms with E-state index in [9.17, 15) is 4.79 Å². The third-order valence-corrected chi connectivity index (χ3v) is 3.37. The van der Waals surface area contributed by atoms with Crippen LogP contribution in [-0.2, 0) is 4.74 Å². The van der Waals surface area contributed by atoms with Gasteiger partial charge >= 0.3 is 6.09 Å². The molecule has 5 nitrogen and oxygen atoms in total. The van der Waals surface area contributed by atoms with Crippen molar-refractivity contribution in [2.45, 2.75) is 51.7 Å². The summed E-state index contributed by atoms with van der Waals surface area (Å²) in [4.78, 5) is 16.3. The van der Waals surface area contributed by atoms with Crippen LogP contribution in [0.1, 0.15) is 40.0 Å². The van der Waals surface area contributed by atoms with Gasteiger partial charge in [-0.1, -0.05) is 0 Å². The maximum atomic E-state index is 12.2. The molecule has 0 aliphatic carbocycles. The lowest BCUT2D eigenvalue weighted by Crippen LogP contribution is -2.50. The van der Waals surface area contributed by atoms with Gasteiger partial charge in [0.25, 0.3) is 0 Å². The number of hydrogen-bond acceptors (Lipinski definition) is 4. The average molecular weight is 285 g/mol. The van der Waals surface area contributed by atoms with E-state index in [1.165, 1.54) is 6.42 Å². The number of likely N-dealkylation sites (N-methyl/N-ethyl adjacent to an activating group) is 1. The van der Waals surface area contributed by atoms with Gasteiger partial charge in [0, 0.05) is 32.2 Å². The maximum Gasteiger partial charge on any atom is 0.410 e. The van der Waals surface area contributed by atoms with E-state index in [0.717, 1.165) is 39.0 Å². The highest BCUT2D eigenvalue weighted by Crippen LogP contribution is 2.19. The summed E-state index contributed by atoms with van der Waals surface area (Å²) in [6, 6.07) is 0.265. The number of hydrogen-bond donors (Lipinski definition) is 1. The van der Waals surface area contributed by atoms with Crippen molar-refractivity contribution in [2.75, 3.05) is 40.3 Å². The number of piperidine rings is 1. The van der Waals surface area contributed by atoms with Crippen molar-refractivity contribution in [3.05, 3.63) is 0 Å². The first-order valence-electron chi connectivity index (χ1n) is 7.64. The standard InChI is InChI=1S/C15H31N3O2/c1-15(2,3)20-14(19)18-10-7-6-8-13(18)12-16-9-11-17(4)5/h13,16H,6-12H2,1-5H3. The average Bonchev–Trinajstić information content (AvgIpc) is 2.32. The van der Waals surface area contributed by atoms with E-state index in [-0.39, 0.29) is 12.1 Å². The molecule has 0 saturated carbocycles. The Kier molecular flexibility index (Phi) is 6.76. The van der Waals surface area contributed by atoms with Gasteiger partial charge in [-0.05, 0) is 54.1 Å². The minimum absolute atomic E-state index is 0.170. The molecule has 5 heteroatoms. The number of likely N-dealkylation sites (tertiary alicyclic amines) is 1. The summed E-state index contributed by atoms with van der Waals surface area (Å²) in [5.41, 5.74) is -0.419. The fraction of sp³-hybridized carbons (Fsp3) is 0.933. The number of ether oxygens (including phenoxy) is 1. The Balaban J connectivity index is 2.43. The topological polar surface area (TPSA) is 44.8 Å². The first-order valence-corrected chi connectivity index (χ1v) is 7.64. The molecule has 0 aromatic rings. The zero-order valence-electron chi connectivity index (χ0n) is 13.7. The Bertz CT molecular complexity index is 300. The molecular weight excluding hydrogens is 254 g/mol. The summed E-state index contributed by atoms with van der Waals surface area (Å²) >= 11 is 0. The lowest BCUT2D eigenvalue weighted by Gasteiger charge is -2.37. The molecule has 1 fully saturated rings. The number of nitrogens with zero attached hydrogens (tertiary/aromatic N) is 2. The monoisotopic (exact) mass is 285 g/mol. The Morgan fingerprint density at radius 1 is 1.35 bits per heavy atom. The largest absolute Gasteiger partial charge is 0.444 e. The molecular formula is C15H31N3O2. The van der Waals surface area contributed by atoms with Crippen LogP contribution in [-0.4, -0.2) is 67.8 Å². The van der Waals surface area contributed by atoms with Crippen molar-refractivity contribution in [3.8, 4) is 0 Å². The smallest absolute Gasteiger partial charge is 0.410 e. The van der Waals surface area contributed by atoms with Crippen LogP contribution in [0.15, 0.2) is 0 Å². The van der Waals surface area contributed by atoms with Crippen molar-refractivity contribution in [2.24, 2.45) is 0 Å². The molecule has 118 valence electrons. The molecule has 1 saturated heterocycles. The highest BCUT2D eigenvalue weighted by atomic mass is 16.6. The van der Waals surface area contributed by atoms with Crippen LogP contribution in [0.2, 0.25) is 0 Å². The van der Waals surface area contributed by atoms with E-state index in [0.29, 0.717) is 0 Å². The molecule has 1 N–H and O–H groups in total. The molecule has 0 aromatic heterocycles. The number of nitrogens with one attached hydrogen (secondary N) is 1. The second-order valence-electron chi connectivity index (χ2n) is 6.83. The Morgan fingerprint density at radius 3 is 2.65 bits per heavy atom. The third-order valence-electron chi connectivity index (χ3n) is 3.37. The lowest BCUT2D eigenvalue weighted by atomic mass is 10.0. The van der Waals surface area contributed by atoms with Crippen LogP contribution >= 0.6 is 0 Å². The van der Waals surface area contributed by atoms with Crippen LogP contribution in [0.5, 0.6) is 0 Å². The Hall–Kier alpha value is -0.810. The highest BCUT2D eigenvalue weighted by Gasteiger charge is 2.29. The molecule has 1 amide bonds. The zero-order chi connectivity index (χ0) is 15.2. The van der Waals surface area contributed by atoms with Crippen molar-refractivity contribution < 1.29 is 9.53 Å². The molecule has 1 aliphatic rings. The van der Waals surface area contributed by atoms with E-state index < -0.39 is 5.60 Å². The van der Waals surface area contributed by atoms with Crippen LogP contribution in [0.4, 0.5) is 4.79 Å². The van der Waals surface area contributed by atoms with Gasteiger partial charge < -0.3 is 19.9 Å². The molecule has 0 spiro atoms. The highest BCUT2D eigenvalue weighted by molar-refractivity contribution is 5.68. The van der Waals surface area contributed by atoms with Gasteiger partial charge in [0.1, 0.15) is 5.60 Å². The van der Waals surface area contributed by atoms with Gasteiger partial charge in [0.15, 0.2) is 0 Å². The second-order valence-corrected chi connectivity index (χ2v) is 6.83. The summed E-state index contributed by atoms with van der Waals surface area (Å²) in [5.74, 6) is 0. The van der Waals surface area contributed by atoms with E-state index in [1.54, 1.807) is 0 Å². The zero-order valence-corrected chi connectivity index (χ0v) is 13.7. The van der Waals surface area contributed by atoms with Gasteiger partial charge in [-0.3, -0.25) is 0 Å². The number of carbonyl (C=O) groups is 1. The van der Waals surface area contributed by atoms with Crippen LogP contribution in [0.25, 0.3) is 0 Å². The second kappa shape index (κ2) is 7.84. The summed E-state index contributed by atoms with van der Waals surface area (Å²) < 4.78 is 5.50. The predicted molar refractivity (Wildman–Crippen MR) is 82.0 cm³/mol. The summed E-state index contributed by atoms with van der Waals surface area (Å²) in [6.07, 6.45) is 3.16. The molecule has 0 aromatic carbocycles. The van der Waals surface area contributed by atoms with E-state index in [1.807, 2.05) is 25.7 Å². The lowest BCUT2D eigenvalue weighted by molar-refractivity contribution is 0.00995. The van der Waals surface area contributed by atoms with Crippen molar-refractivity contribution in [3.63, 3.8) is 0 Å². The van der Waals surface area contributed by atoms with Gasteiger partial charge in [-0.25, -0.2) is 4.79 Å². The molecule has 1 unspecified atom stereocenters. The minimum atomic E-state index is -0.419. The summed E-state index contributed by atoms with van der Waals surface area (Å²) in [5, 5.41) is 3.44. The van der Waals surface area contributed by atoms with Gasteiger partial charge in [-0.2, -0.15) is 0 Å². The summed E-state index contributed by atoms with van der Waals surface area (Å²) in [6.45, 7) is 9.38. The molecule has 1 atom stereocenters. The Labute approximate surface area is 123 Å². The minimum Gasteiger partial charge on any atom is -0.444 e. The van der Waals surface area contributed by atoms with Crippen molar-refractivity contribution >= 4 is 6.09 Å². The van der Waals surface area contributed by atoms with E-state index >= 15 is 0 Å². The number of rotatable bonds is 5. The predicted octanol–water partition coefficient (Wildman–Crippen LogP) is 1.93. The molecule has 1 aliphatic heterocycles. The van der Waals surface area contributed by atoms with Crippen LogP contribution in [0, 0.1) is 0 Å². The molecule has 20 heavy (non-hydrogen) atoms. The third kappa shape index (κ3) is 6.57. The first kappa shape index (κ1) is 17.2. The fourth-order valence-electron chi connectivity index (χ4n) is 2.35. The van der Waals surface area contributed by atoms with Crippen LogP contribution < -0.4 is 5.32 Å². The number of amides is 1. The van der Waals surface area contributed by atoms with E-state index in [4.69, 9.17) is 4.74 Å². The Morgan fingerprint density at radius 2 is 2.05 bits per heavy atom. The normalized spacial score (nSPS) is 20.3. The van der Waals surface area contributed by atoms with Gasteiger partial charge in [-0.15, -0.1) is 0 Å². The molecule has 0 radical (unpaired) electrons. The van der Waals surface area contributed by atoms with Crippen molar-refractivity contribution in [1.29, 1.82) is 0 Å². The summed E-state index contributed by atoms with van der Waals surface area (Å²) in [7, 11) is 4.13. The van der Waals surface area contributed by atoms with Gasteiger partial charge in [0.2, 0.25) is 0 Å². The van der Waals surface area contributed by atoms with E-state index in [2.05, 4.69) is 24.3 Å². The molecule has 0 bridgehead atoms. The molecule has 1 rings (SSSR count). The maximum absolute atomic E-state index is 12.2. The van der Waals surface area contributed by atoms with Crippen LogP contribution in [0.3, 0.4) is 0 Å². The van der Waals surface area contributed by atoms with Gasteiger partial charge in [0.05, 0.1) is 0 Å². The number of carbonyl (C=O) groups excluding carboxylic acids is 1. The van der Waals surface area contributed by atoms with Crippen molar-refractivity contribution in [1.82, 2.24) is 15.1 Å². The fourth-order valence-corrected chi connectivity index (χ4v) is 2.35. The quantitative estimate of drug-likeness (QED) is 0.784. The SMILES string of the molecule is CN(C)CCNCC1CCCCN1C(=O)OC(C)(C)C. The first-order chi connectivity index (χ1) is 9.29.